The summed E-state index contributed by atoms with van der Waals surface area (Å²) in [6, 6.07) is 14.1. The quantitative estimate of drug-likeness (QED) is 0.225. The van der Waals surface area contributed by atoms with E-state index in [1.165, 1.54) is 20.1 Å². The number of carbonyl (C=O) groups excluding carboxylic acids is 2. The molecular weight excluding hydrogens is 576 g/mol. The minimum absolute atomic E-state index is 0.134. The van der Waals surface area contributed by atoms with Gasteiger partial charge in [-0.15, -0.1) is 0 Å². The summed E-state index contributed by atoms with van der Waals surface area (Å²) < 4.78 is 24.3. The molecule has 0 saturated carbocycles. The van der Waals surface area contributed by atoms with Crippen molar-refractivity contribution in [1.82, 2.24) is 9.88 Å². The van der Waals surface area contributed by atoms with Crippen LogP contribution in [0.15, 0.2) is 59.5 Å². The Labute approximate surface area is 261 Å². The lowest BCUT2D eigenvalue weighted by Gasteiger charge is -2.19. The van der Waals surface area contributed by atoms with Crippen LogP contribution in [0.2, 0.25) is 0 Å². The first-order valence-corrected chi connectivity index (χ1v) is 14.7. The van der Waals surface area contributed by atoms with E-state index in [9.17, 15) is 14.4 Å². The fourth-order valence-electron chi connectivity index (χ4n) is 5.94. The Kier molecular flexibility index (Phi) is 9.58. The van der Waals surface area contributed by atoms with E-state index < -0.39 is 6.04 Å². The molecule has 0 aliphatic heterocycles. The van der Waals surface area contributed by atoms with Gasteiger partial charge in [-0.25, -0.2) is 0 Å². The Bertz CT molecular complexity index is 1800. The van der Waals surface area contributed by atoms with Crippen molar-refractivity contribution in [2.45, 2.75) is 32.4 Å². The standard InChI is InChI=1S/C34H38N4O7/c1-20(39)36-26-11-9-21-17-30(43-3)33(44-4)34(45-5)32(21)22-10-12-27(29(40)18-24(22)26)35-19-31(41)37-25-7-6-8-28-23(25)13-14-38(28)15-16-42-2/h6-8,10,12-14,17-18,26H,9,11,15-16,19H2,1-5H3,(H,35,40)(H,36,39)(H,37,41). The SMILES string of the molecule is COCCn1ccc2c(NC(=O)CNc3ccc4c(cc3=O)C(NC(C)=O)CCc3cc(OC)c(OC)c(OC)c3-4)cccc21. The summed E-state index contributed by atoms with van der Waals surface area (Å²) >= 11 is 0. The van der Waals surface area contributed by atoms with Crippen molar-refractivity contribution in [3.63, 3.8) is 0 Å². The number of anilines is 2. The van der Waals surface area contributed by atoms with Crippen LogP contribution in [0.25, 0.3) is 22.0 Å². The van der Waals surface area contributed by atoms with Gasteiger partial charge in [0.15, 0.2) is 11.5 Å². The molecule has 1 atom stereocenters. The van der Waals surface area contributed by atoms with Crippen LogP contribution >= 0.6 is 0 Å². The van der Waals surface area contributed by atoms with Crippen LogP contribution in [0.3, 0.4) is 0 Å². The van der Waals surface area contributed by atoms with E-state index in [1.54, 1.807) is 27.4 Å². The summed E-state index contributed by atoms with van der Waals surface area (Å²) in [5.41, 5.74) is 4.60. The molecule has 1 aromatic heterocycles. The van der Waals surface area contributed by atoms with Crippen LogP contribution in [-0.2, 0) is 27.3 Å². The summed E-state index contributed by atoms with van der Waals surface area (Å²) in [5, 5.41) is 9.88. The molecule has 11 heteroatoms. The fourth-order valence-corrected chi connectivity index (χ4v) is 5.94. The summed E-state index contributed by atoms with van der Waals surface area (Å²) in [6.45, 7) is 2.59. The number of hydrogen-bond donors (Lipinski definition) is 3. The van der Waals surface area contributed by atoms with Crippen molar-refractivity contribution in [3.05, 3.63) is 76.1 Å². The lowest BCUT2D eigenvalue weighted by atomic mass is 9.95. The molecule has 1 aliphatic rings. The van der Waals surface area contributed by atoms with E-state index >= 15 is 0 Å². The minimum Gasteiger partial charge on any atom is -0.493 e. The number of ether oxygens (including phenoxy) is 4. The smallest absolute Gasteiger partial charge is 0.243 e. The van der Waals surface area contributed by atoms with E-state index in [1.807, 2.05) is 42.6 Å². The van der Waals surface area contributed by atoms with Crippen LogP contribution < -0.4 is 35.6 Å². The molecule has 1 aliphatic carbocycles. The van der Waals surface area contributed by atoms with Gasteiger partial charge in [-0.3, -0.25) is 14.4 Å². The lowest BCUT2D eigenvalue weighted by Crippen LogP contribution is -2.27. The summed E-state index contributed by atoms with van der Waals surface area (Å²) in [4.78, 5) is 38.8. The third kappa shape index (κ3) is 6.44. The number of methoxy groups -OCH3 is 4. The molecule has 11 nitrogen and oxygen atoms in total. The average molecular weight is 615 g/mol. The van der Waals surface area contributed by atoms with Gasteiger partial charge in [0, 0.05) is 37.7 Å². The number of aryl methyl sites for hydroxylation is 1. The van der Waals surface area contributed by atoms with Gasteiger partial charge in [0.2, 0.25) is 23.0 Å². The average Bonchev–Trinajstić information content (AvgIpc) is 3.31. The molecule has 45 heavy (non-hydrogen) atoms. The Morgan fingerprint density at radius 3 is 2.47 bits per heavy atom. The Morgan fingerprint density at radius 2 is 1.76 bits per heavy atom. The first kappa shape index (κ1) is 31.4. The molecule has 0 bridgehead atoms. The topological polar surface area (TPSA) is 129 Å². The van der Waals surface area contributed by atoms with Gasteiger partial charge in [0.05, 0.1) is 57.4 Å². The van der Waals surface area contributed by atoms with Crippen LogP contribution in [0, 0.1) is 0 Å². The van der Waals surface area contributed by atoms with Crippen molar-refractivity contribution in [3.8, 4) is 28.4 Å². The minimum atomic E-state index is -0.431. The predicted molar refractivity (Wildman–Crippen MR) is 174 cm³/mol. The van der Waals surface area contributed by atoms with Gasteiger partial charge >= 0.3 is 0 Å². The molecule has 0 radical (unpaired) electrons. The van der Waals surface area contributed by atoms with Crippen LogP contribution in [0.4, 0.5) is 11.4 Å². The number of carbonyl (C=O) groups is 2. The van der Waals surface area contributed by atoms with E-state index in [4.69, 9.17) is 18.9 Å². The van der Waals surface area contributed by atoms with E-state index in [2.05, 4.69) is 20.5 Å². The van der Waals surface area contributed by atoms with E-state index in [-0.39, 0.29) is 29.5 Å². The second-order valence-electron chi connectivity index (χ2n) is 10.7. The number of aromatic nitrogens is 1. The second-order valence-corrected chi connectivity index (χ2v) is 10.7. The second kappa shape index (κ2) is 13.7. The van der Waals surface area contributed by atoms with Gasteiger partial charge in [-0.05, 0) is 65.9 Å². The maximum Gasteiger partial charge on any atom is 0.243 e. The highest BCUT2D eigenvalue weighted by Crippen LogP contribution is 2.50. The van der Waals surface area contributed by atoms with Gasteiger partial charge in [-0.2, -0.15) is 0 Å². The molecule has 0 saturated heterocycles. The maximum atomic E-state index is 13.6. The number of nitrogens with one attached hydrogen (secondary N) is 3. The predicted octanol–water partition coefficient (Wildman–Crippen LogP) is 4.51. The first-order valence-electron chi connectivity index (χ1n) is 14.7. The number of fused-ring (bicyclic) bond motifs is 4. The van der Waals surface area contributed by atoms with Gasteiger partial charge in [0.25, 0.3) is 0 Å². The van der Waals surface area contributed by atoms with Crippen LogP contribution in [0.5, 0.6) is 17.2 Å². The molecule has 0 fully saturated rings. The summed E-state index contributed by atoms with van der Waals surface area (Å²) in [6.07, 6.45) is 3.10. The molecule has 5 rings (SSSR count). The highest BCUT2D eigenvalue weighted by Gasteiger charge is 2.29. The third-order valence-corrected chi connectivity index (χ3v) is 7.98. The highest BCUT2D eigenvalue weighted by atomic mass is 16.5. The largest absolute Gasteiger partial charge is 0.493 e. The molecule has 3 N–H and O–H groups in total. The maximum absolute atomic E-state index is 13.6. The van der Waals surface area contributed by atoms with Gasteiger partial charge in [0.1, 0.15) is 0 Å². The number of amides is 2. The molecule has 1 unspecified atom stereocenters. The van der Waals surface area contributed by atoms with Crippen LogP contribution in [-0.4, -0.2) is 58.0 Å². The molecule has 0 spiro atoms. The Balaban J connectivity index is 1.47. The van der Waals surface area contributed by atoms with Gasteiger partial charge < -0.3 is 39.5 Å². The first-order chi connectivity index (χ1) is 21.8. The lowest BCUT2D eigenvalue weighted by molar-refractivity contribution is -0.119. The molecule has 4 aromatic rings. The van der Waals surface area contributed by atoms with Crippen molar-refractivity contribution in [2.75, 3.05) is 52.2 Å². The number of hydrogen-bond acceptors (Lipinski definition) is 8. The Morgan fingerprint density at radius 1 is 0.956 bits per heavy atom. The normalized spacial score (nSPS) is 13.7. The monoisotopic (exact) mass is 614 g/mol. The van der Waals surface area contributed by atoms with Gasteiger partial charge in [-0.1, -0.05) is 12.1 Å². The molecule has 2 amide bonds. The van der Waals surface area contributed by atoms with Crippen molar-refractivity contribution in [1.29, 1.82) is 0 Å². The van der Waals surface area contributed by atoms with Crippen molar-refractivity contribution >= 4 is 34.1 Å². The zero-order chi connectivity index (χ0) is 32.1. The fraction of sp³-hybridized carbons (Fsp3) is 0.324. The third-order valence-electron chi connectivity index (χ3n) is 7.98. The summed E-state index contributed by atoms with van der Waals surface area (Å²) in [7, 11) is 6.31. The van der Waals surface area contributed by atoms with E-state index in [0.29, 0.717) is 60.1 Å². The molecule has 3 aromatic carbocycles. The Hall–Kier alpha value is -5.03. The molecular formula is C34H38N4O7. The highest BCUT2D eigenvalue weighted by molar-refractivity contribution is 6.02. The molecule has 1 heterocycles. The van der Waals surface area contributed by atoms with Crippen molar-refractivity contribution in [2.24, 2.45) is 0 Å². The van der Waals surface area contributed by atoms with Crippen molar-refractivity contribution < 1.29 is 28.5 Å². The van der Waals surface area contributed by atoms with Crippen LogP contribution in [0.1, 0.15) is 30.5 Å². The zero-order valence-electron chi connectivity index (χ0n) is 26.1. The zero-order valence-corrected chi connectivity index (χ0v) is 26.1. The number of nitrogens with zero attached hydrogens (tertiary/aromatic N) is 1. The number of benzene rings is 2. The summed E-state index contributed by atoms with van der Waals surface area (Å²) in [5.74, 6) is 0.898. The number of rotatable bonds is 11. The van der Waals surface area contributed by atoms with E-state index in [0.717, 1.165) is 22.0 Å². The molecule has 236 valence electrons.